The van der Waals surface area contributed by atoms with Gasteiger partial charge in [0, 0.05) is 10.6 Å². The Kier molecular flexibility index (Phi) is 4.78. The summed E-state index contributed by atoms with van der Waals surface area (Å²) in [6.07, 6.45) is 1.82. The zero-order valence-electron chi connectivity index (χ0n) is 13.8. The molecule has 1 saturated heterocycles. The van der Waals surface area contributed by atoms with Crippen LogP contribution in [0.2, 0.25) is 0 Å². The van der Waals surface area contributed by atoms with Gasteiger partial charge >= 0.3 is 5.97 Å². The van der Waals surface area contributed by atoms with E-state index in [2.05, 4.69) is 32.0 Å². The predicted molar refractivity (Wildman–Crippen MR) is 97.8 cm³/mol. The van der Waals surface area contributed by atoms with Gasteiger partial charge in [-0.15, -0.1) is 11.8 Å². The first kappa shape index (κ1) is 17.2. The largest absolute Gasteiger partial charge is 0.477 e. The van der Waals surface area contributed by atoms with E-state index in [1.807, 2.05) is 18.4 Å². The summed E-state index contributed by atoms with van der Waals surface area (Å²) in [5.74, 6) is -0.613. The van der Waals surface area contributed by atoms with Gasteiger partial charge in [0.1, 0.15) is 5.70 Å². The first-order valence-electron chi connectivity index (χ1n) is 7.71. The van der Waals surface area contributed by atoms with Crippen LogP contribution >= 0.6 is 23.5 Å². The molecular formula is C18H19NO3S2. The van der Waals surface area contributed by atoms with Crippen LogP contribution in [-0.4, -0.2) is 33.0 Å². The number of carboxylic acids is 1. The fourth-order valence-electron chi connectivity index (χ4n) is 2.81. The van der Waals surface area contributed by atoms with Crippen LogP contribution in [0.25, 0.3) is 0 Å². The van der Waals surface area contributed by atoms with Crippen LogP contribution in [0.3, 0.4) is 0 Å². The Morgan fingerprint density at radius 1 is 1.38 bits per heavy atom. The lowest BCUT2D eigenvalue weighted by atomic mass is 9.98. The van der Waals surface area contributed by atoms with E-state index >= 15 is 0 Å². The summed E-state index contributed by atoms with van der Waals surface area (Å²) in [5, 5.41) is 11.4. The van der Waals surface area contributed by atoms with Gasteiger partial charge in [0.2, 0.25) is 5.91 Å². The molecule has 126 valence electrons. The highest BCUT2D eigenvalue weighted by Gasteiger charge is 2.50. The van der Waals surface area contributed by atoms with Gasteiger partial charge in [0.05, 0.1) is 11.3 Å². The number of nitrogens with zero attached hydrogens (tertiary/aromatic N) is 1. The molecule has 1 aromatic rings. The number of thioether (sulfide) groups is 2. The second-order valence-corrected chi connectivity index (χ2v) is 8.13. The first-order valence-corrected chi connectivity index (χ1v) is 9.64. The zero-order chi connectivity index (χ0) is 17.4. The molecule has 24 heavy (non-hydrogen) atoms. The van der Waals surface area contributed by atoms with Crippen LogP contribution in [0.5, 0.6) is 0 Å². The second kappa shape index (κ2) is 6.69. The van der Waals surface area contributed by atoms with E-state index in [-0.39, 0.29) is 22.9 Å². The minimum atomic E-state index is -1.03. The Labute approximate surface area is 150 Å². The van der Waals surface area contributed by atoms with Crippen molar-refractivity contribution in [2.24, 2.45) is 5.92 Å². The Balaban J connectivity index is 1.80. The van der Waals surface area contributed by atoms with Gasteiger partial charge in [0.25, 0.3) is 0 Å². The normalized spacial score (nSPS) is 23.5. The van der Waals surface area contributed by atoms with Crippen molar-refractivity contribution in [2.45, 2.75) is 31.0 Å². The number of fused-ring (bicyclic) bond motifs is 1. The number of amides is 1. The van der Waals surface area contributed by atoms with Crippen molar-refractivity contribution in [3.05, 3.63) is 52.1 Å². The number of hydrogen-bond donors (Lipinski definition) is 1. The maximum Gasteiger partial charge on any atom is 0.352 e. The molecule has 0 radical (unpaired) electrons. The lowest BCUT2D eigenvalue weighted by Crippen LogP contribution is -2.60. The zero-order valence-corrected chi connectivity index (χ0v) is 15.4. The number of carbonyl (C=O) groups excluding carboxylic acids is 1. The van der Waals surface area contributed by atoms with Crippen molar-refractivity contribution < 1.29 is 14.7 Å². The summed E-state index contributed by atoms with van der Waals surface area (Å²) in [6, 6.07) is 6.24. The van der Waals surface area contributed by atoms with Gasteiger partial charge in [-0.05, 0) is 54.2 Å². The minimum absolute atomic E-state index is 0.0341. The molecule has 0 saturated carbocycles. The quantitative estimate of drug-likeness (QED) is 0.653. The van der Waals surface area contributed by atoms with Gasteiger partial charge in [0.15, 0.2) is 0 Å². The van der Waals surface area contributed by atoms with Crippen molar-refractivity contribution in [3.63, 3.8) is 0 Å². The summed E-state index contributed by atoms with van der Waals surface area (Å²) in [5.41, 5.74) is 3.31. The smallest absolute Gasteiger partial charge is 0.352 e. The Bertz CT molecular complexity index is 770. The fraction of sp³-hybridized carbons (Fsp3) is 0.333. The van der Waals surface area contributed by atoms with Crippen molar-refractivity contribution in [2.75, 3.05) is 5.75 Å². The molecule has 2 unspecified atom stereocenters. The first-order chi connectivity index (χ1) is 11.4. The van der Waals surface area contributed by atoms with Gasteiger partial charge in [-0.25, -0.2) is 4.79 Å². The van der Waals surface area contributed by atoms with Crippen molar-refractivity contribution in [3.8, 4) is 0 Å². The third-order valence-corrected chi connectivity index (χ3v) is 6.65. The molecule has 1 fully saturated rings. The van der Waals surface area contributed by atoms with Crippen LogP contribution in [-0.2, 0) is 9.59 Å². The van der Waals surface area contributed by atoms with E-state index in [9.17, 15) is 14.7 Å². The molecule has 1 N–H and O–H groups in total. The van der Waals surface area contributed by atoms with Gasteiger partial charge in [-0.2, -0.15) is 0 Å². The highest BCUT2D eigenvalue weighted by molar-refractivity contribution is 8.02. The molecule has 2 atom stereocenters. The number of benzene rings is 1. The van der Waals surface area contributed by atoms with E-state index in [0.29, 0.717) is 11.3 Å². The van der Waals surface area contributed by atoms with Crippen LogP contribution in [0.15, 0.2) is 45.8 Å². The molecule has 1 aromatic carbocycles. The number of carboxylic acid groups (broad SMARTS) is 1. The number of allylic oxidation sites excluding steroid dienone is 1. The van der Waals surface area contributed by atoms with Crippen molar-refractivity contribution in [1.29, 1.82) is 0 Å². The number of aryl methyl sites for hydroxylation is 2. The highest BCUT2D eigenvalue weighted by Crippen LogP contribution is 2.43. The van der Waals surface area contributed by atoms with E-state index in [1.54, 1.807) is 23.5 Å². The third kappa shape index (κ3) is 3.00. The highest BCUT2D eigenvalue weighted by atomic mass is 32.2. The van der Waals surface area contributed by atoms with Gasteiger partial charge < -0.3 is 5.11 Å². The molecule has 2 aliphatic heterocycles. The summed E-state index contributed by atoms with van der Waals surface area (Å²) in [7, 11) is 0. The lowest BCUT2D eigenvalue weighted by molar-refractivity contribution is -0.151. The summed E-state index contributed by atoms with van der Waals surface area (Å²) in [4.78, 5) is 26.2. The Hall–Kier alpha value is -1.66. The second-order valence-electron chi connectivity index (χ2n) is 6.04. The monoisotopic (exact) mass is 361 g/mol. The van der Waals surface area contributed by atoms with Crippen LogP contribution < -0.4 is 0 Å². The topological polar surface area (TPSA) is 57.6 Å². The molecule has 0 spiro atoms. The predicted octanol–water partition coefficient (Wildman–Crippen LogP) is 3.80. The maximum atomic E-state index is 12.0. The Morgan fingerprint density at radius 3 is 2.79 bits per heavy atom. The van der Waals surface area contributed by atoms with Crippen LogP contribution in [0.1, 0.15) is 18.1 Å². The van der Waals surface area contributed by atoms with E-state index in [0.717, 1.165) is 4.90 Å². The molecule has 4 nitrogen and oxygen atoms in total. The van der Waals surface area contributed by atoms with E-state index < -0.39 is 5.97 Å². The number of rotatable bonds is 4. The standard InChI is InChI=1S/C18H19NO3S2/c1-10-4-5-14(8-11(10)2)23-7-6-13-9-24-17-12(3)16(20)19(17)15(13)18(21)22/h4-8,12,17H,9H2,1-3H3,(H,21,22)/b7-6+. The lowest BCUT2D eigenvalue weighted by Gasteiger charge is -2.48. The van der Waals surface area contributed by atoms with Crippen LogP contribution in [0.4, 0.5) is 0 Å². The minimum Gasteiger partial charge on any atom is -0.477 e. The molecule has 3 rings (SSSR count). The molecule has 0 aliphatic carbocycles. The molecule has 2 heterocycles. The SMILES string of the molecule is Cc1ccc(S/C=C/C2=C(C(=O)O)N3C(=O)C(C)C3SC2)cc1C. The average Bonchev–Trinajstić information content (AvgIpc) is 2.56. The fourth-order valence-corrected chi connectivity index (χ4v) is 4.94. The Morgan fingerprint density at radius 2 is 2.12 bits per heavy atom. The molecular weight excluding hydrogens is 342 g/mol. The summed E-state index contributed by atoms with van der Waals surface area (Å²) in [6.45, 7) is 6.00. The van der Waals surface area contributed by atoms with E-state index in [1.165, 1.54) is 16.0 Å². The number of β-lactam (4-membered cyclic amide) rings is 1. The molecule has 0 aromatic heterocycles. The van der Waals surface area contributed by atoms with Crippen molar-refractivity contribution in [1.82, 2.24) is 4.90 Å². The van der Waals surface area contributed by atoms with Crippen molar-refractivity contribution >= 4 is 35.4 Å². The molecule has 2 aliphatic rings. The number of aliphatic carboxylic acids is 1. The summed E-state index contributed by atoms with van der Waals surface area (Å²) < 4.78 is 0. The molecule has 0 bridgehead atoms. The van der Waals surface area contributed by atoms with Gasteiger partial charge in [-0.3, -0.25) is 9.69 Å². The van der Waals surface area contributed by atoms with E-state index in [4.69, 9.17) is 0 Å². The molecule has 6 heteroatoms. The maximum absolute atomic E-state index is 12.0. The third-order valence-electron chi connectivity index (χ3n) is 4.42. The van der Waals surface area contributed by atoms with Gasteiger partial charge in [-0.1, -0.05) is 24.8 Å². The summed E-state index contributed by atoms with van der Waals surface area (Å²) >= 11 is 3.18. The number of carbonyl (C=O) groups is 2. The van der Waals surface area contributed by atoms with Crippen LogP contribution in [0, 0.1) is 19.8 Å². The number of hydrogen-bond acceptors (Lipinski definition) is 4. The average molecular weight is 361 g/mol. The molecule has 1 amide bonds.